The van der Waals surface area contributed by atoms with Crippen LogP contribution in [0.2, 0.25) is 0 Å². The summed E-state index contributed by atoms with van der Waals surface area (Å²) in [5.41, 5.74) is 7.02. The van der Waals surface area contributed by atoms with Gasteiger partial charge in [-0.25, -0.2) is 4.79 Å². The van der Waals surface area contributed by atoms with E-state index in [-0.39, 0.29) is 18.0 Å². The Morgan fingerprint density at radius 2 is 1.44 bits per heavy atom. The van der Waals surface area contributed by atoms with Crippen molar-refractivity contribution in [1.29, 1.82) is 0 Å². The number of nitrogens with one attached hydrogen (secondary N) is 3. The van der Waals surface area contributed by atoms with Crippen LogP contribution >= 0.6 is 0 Å². The van der Waals surface area contributed by atoms with E-state index in [2.05, 4.69) is 16.0 Å². The topological polar surface area (TPSA) is 96.2 Å². The largest absolute Gasteiger partial charge is 0.336 e. The Morgan fingerprint density at radius 1 is 0.920 bits per heavy atom. The Balaban J connectivity index is 2.01. The summed E-state index contributed by atoms with van der Waals surface area (Å²) in [6, 6.07) is 15.8. The minimum atomic E-state index is -1.14. The first-order valence-corrected chi connectivity index (χ1v) is 8.12. The highest BCUT2D eigenvalue weighted by Gasteiger charge is 2.30. The third-order valence-electron chi connectivity index (χ3n) is 3.67. The third kappa shape index (κ3) is 5.06. The zero-order valence-electron chi connectivity index (χ0n) is 14.7. The van der Waals surface area contributed by atoms with Gasteiger partial charge in [0, 0.05) is 17.4 Å². The number of anilines is 2. The number of rotatable bonds is 5. The number of amides is 3. The van der Waals surface area contributed by atoms with E-state index < -0.39 is 5.54 Å². The van der Waals surface area contributed by atoms with Gasteiger partial charge in [0.1, 0.15) is 5.54 Å². The van der Waals surface area contributed by atoms with Gasteiger partial charge in [0.25, 0.3) is 0 Å². The molecule has 0 aliphatic rings. The maximum absolute atomic E-state index is 12.5. The molecule has 0 saturated carbocycles. The van der Waals surface area contributed by atoms with Gasteiger partial charge in [-0.15, -0.1) is 0 Å². The van der Waals surface area contributed by atoms with E-state index in [1.807, 2.05) is 44.2 Å². The van der Waals surface area contributed by atoms with Gasteiger partial charge in [-0.3, -0.25) is 4.79 Å². The van der Waals surface area contributed by atoms with E-state index in [1.54, 1.807) is 31.2 Å². The Morgan fingerprint density at radius 3 is 1.96 bits per heavy atom. The molecule has 0 spiro atoms. The fraction of sp³-hybridized carbons (Fsp3) is 0.263. The minimum absolute atomic E-state index is 0.0544. The molecule has 0 aliphatic carbocycles. The lowest BCUT2D eigenvalue weighted by Gasteiger charge is -2.24. The van der Waals surface area contributed by atoms with Crippen molar-refractivity contribution in [3.8, 4) is 0 Å². The van der Waals surface area contributed by atoms with Crippen LogP contribution in [0.3, 0.4) is 0 Å². The summed E-state index contributed by atoms with van der Waals surface area (Å²) in [6.07, 6.45) is 0. The average molecular weight is 340 g/mol. The first-order chi connectivity index (χ1) is 11.8. The molecule has 0 bridgehead atoms. The summed E-state index contributed by atoms with van der Waals surface area (Å²) in [6.45, 7) is 5.44. The van der Waals surface area contributed by atoms with Crippen molar-refractivity contribution in [3.63, 3.8) is 0 Å². The molecule has 2 aromatic carbocycles. The fourth-order valence-electron chi connectivity index (χ4n) is 2.24. The third-order valence-corrected chi connectivity index (χ3v) is 3.67. The van der Waals surface area contributed by atoms with E-state index in [0.29, 0.717) is 11.4 Å². The number of hydrogen-bond donors (Lipinski definition) is 4. The number of carbonyl (C=O) groups excluding carboxylic acids is 2. The van der Waals surface area contributed by atoms with Crippen LogP contribution in [0.5, 0.6) is 0 Å². The van der Waals surface area contributed by atoms with Crippen molar-refractivity contribution in [2.75, 3.05) is 10.6 Å². The van der Waals surface area contributed by atoms with Crippen molar-refractivity contribution in [2.45, 2.75) is 32.4 Å². The summed E-state index contributed by atoms with van der Waals surface area (Å²) < 4.78 is 0. The molecule has 0 heterocycles. The monoisotopic (exact) mass is 340 g/mol. The lowest BCUT2D eigenvalue weighted by atomic mass is 9.92. The van der Waals surface area contributed by atoms with Gasteiger partial charge >= 0.3 is 6.03 Å². The van der Waals surface area contributed by atoms with Gasteiger partial charge in [0.15, 0.2) is 0 Å². The second kappa shape index (κ2) is 7.81. The van der Waals surface area contributed by atoms with E-state index in [4.69, 9.17) is 5.73 Å². The van der Waals surface area contributed by atoms with Crippen LogP contribution < -0.4 is 21.7 Å². The minimum Gasteiger partial charge on any atom is -0.336 e. The van der Waals surface area contributed by atoms with Gasteiger partial charge in [0.05, 0.1) is 0 Å². The van der Waals surface area contributed by atoms with E-state index in [0.717, 1.165) is 5.56 Å². The summed E-state index contributed by atoms with van der Waals surface area (Å²) >= 11 is 0. The lowest BCUT2D eigenvalue weighted by Crippen LogP contribution is -2.45. The second-order valence-electron chi connectivity index (χ2n) is 6.35. The molecule has 6 heteroatoms. The molecular weight excluding hydrogens is 316 g/mol. The zero-order valence-corrected chi connectivity index (χ0v) is 14.7. The Kier molecular flexibility index (Phi) is 5.77. The van der Waals surface area contributed by atoms with Crippen molar-refractivity contribution in [2.24, 2.45) is 5.73 Å². The highest BCUT2D eigenvalue weighted by atomic mass is 16.2. The van der Waals surface area contributed by atoms with Crippen LogP contribution in [-0.2, 0) is 10.3 Å². The molecule has 0 fully saturated rings. The normalized spacial score (nSPS) is 13.0. The molecule has 3 amide bonds. The lowest BCUT2D eigenvalue weighted by molar-refractivity contribution is -0.120. The van der Waals surface area contributed by atoms with Crippen molar-refractivity contribution in [3.05, 3.63) is 60.2 Å². The number of hydrogen-bond acceptors (Lipinski definition) is 3. The molecule has 1 atom stereocenters. The maximum Gasteiger partial charge on any atom is 0.319 e. The highest BCUT2D eigenvalue weighted by Crippen LogP contribution is 2.21. The Bertz CT molecular complexity index is 725. The molecule has 0 radical (unpaired) electrons. The maximum atomic E-state index is 12.5. The van der Waals surface area contributed by atoms with E-state index >= 15 is 0 Å². The summed E-state index contributed by atoms with van der Waals surface area (Å²) in [4.78, 5) is 24.2. The molecule has 25 heavy (non-hydrogen) atoms. The molecule has 6 nitrogen and oxygen atoms in total. The molecule has 2 aromatic rings. The molecule has 2 rings (SSSR count). The van der Waals surface area contributed by atoms with Crippen LogP contribution in [0.1, 0.15) is 26.3 Å². The Hall–Kier alpha value is -2.86. The van der Waals surface area contributed by atoms with Crippen molar-refractivity contribution < 1.29 is 9.59 Å². The molecular formula is C19H24N4O2. The first kappa shape index (κ1) is 18.5. The predicted octanol–water partition coefficient (Wildman–Crippen LogP) is 3.03. The van der Waals surface area contributed by atoms with Crippen molar-refractivity contribution >= 4 is 23.3 Å². The van der Waals surface area contributed by atoms with Crippen LogP contribution in [0.15, 0.2) is 54.6 Å². The zero-order chi connectivity index (χ0) is 18.4. The fourth-order valence-corrected chi connectivity index (χ4v) is 2.24. The first-order valence-electron chi connectivity index (χ1n) is 8.12. The van der Waals surface area contributed by atoms with E-state index in [9.17, 15) is 9.59 Å². The number of benzene rings is 2. The van der Waals surface area contributed by atoms with Gasteiger partial charge in [-0.1, -0.05) is 30.3 Å². The number of nitrogens with two attached hydrogens (primary N) is 1. The van der Waals surface area contributed by atoms with Crippen LogP contribution in [0.4, 0.5) is 16.2 Å². The van der Waals surface area contributed by atoms with Crippen LogP contribution in [-0.4, -0.2) is 18.0 Å². The molecule has 5 N–H and O–H groups in total. The molecule has 0 saturated heterocycles. The second-order valence-corrected chi connectivity index (χ2v) is 6.35. The van der Waals surface area contributed by atoms with E-state index in [1.165, 1.54) is 0 Å². The molecule has 132 valence electrons. The SMILES string of the molecule is CC(C)NC(=O)Nc1ccc(NC(=O)C(C)(N)c2ccccc2)cc1. The molecule has 0 aliphatic heterocycles. The molecule has 1 unspecified atom stereocenters. The number of carbonyl (C=O) groups is 2. The highest BCUT2D eigenvalue weighted by molar-refractivity contribution is 5.98. The quantitative estimate of drug-likeness (QED) is 0.673. The number of urea groups is 1. The summed E-state index contributed by atoms with van der Waals surface area (Å²) in [5.74, 6) is -0.308. The van der Waals surface area contributed by atoms with Gasteiger partial charge in [-0.05, 0) is 50.6 Å². The average Bonchev–Trinajstić information content (AvgIpc) is 2.56. The predicted molar refractivity (Wildman–Crippen MR) is 100 cm³/mol. The van der Waals surface area contributed by atoms with Crippen LogP contribution in [0, 0.1) is 0 Å². The van der Waals surface area contributed by atoms with Crippen molar-refractivity contribution in [1.82, 2.24) is 5.32 Å². The van der Waals surface area contributed by atoms with Gasteiger partial charge in [-0.2, -0.15) is 0 Å². The van der Waals surface area contributed by atoms with Crippen LogP contribution in [0.25, 0.3) is 0 Å². The van der Waals surface area contributed by atoms with Gasteiger partial charge < -0.3 is 21.7 Å². The smallest absolute Gasteiger partial charge is 0.319 e. The standard InChI is InChI=1S/C19H24N4O2/c1-13(2)21-18(25)23-16-11-9-15(10-12-16)22-17(24)19(3,20)14-7-5-4-6-8-14/h4-13H,20H2,1-3H3,(H,22,24)(H2,21,23,25). The van der Waals surface area contributed by atoms with Gasteiger partial charge in [0.2, 0.25) is 5.91 Å². The Labute approximate surface area is 147 Å². The summed E-state index contributed by atoms with van der Waals surface area (Å²) in [5, 5.41) is 8.26. The molecule has 0 aromatic heterocycles. The summed E-state index contributed by atoms with van der Waals surface area (Å²) in [7, 11) is 0.